The molecule has 0 amide bonds. The molecule has 0 saturated carbocycles. The van der Waals surface area contributed by atoms with E-state index in [1.165, 1.54) is 22.2 Å². The summed E-state index contributed by atoms with van der Waals surface area (Å²) in [4.78, 5) is 4.43. The molecule has 0 unspecified atom stereocenters. The highest BCUT2D eigenvalue weighted by atomic mass is 15.3. The molecule has 3 aromatic rings. The van der Waals surface area contributed by atoms with E-state index in [-0.39, 0.29) is 0 Å². The van der Waals surface area contributed by atoms with Crippen molar-refractivity contribution in [2.45, 2.75) is 20.8 Å². The summed E-state index contributed by atoms with van der Waals surface area (Å²) in [6, 6.07) is 19.4. The first kappa shape index (κ1) is 17.4. The number of rotatable bonds is 6. The van der Waals surface area contributed by atoms with Gasteiger partial charge in [0.2, 0.25) is 0 Å². The zero-order chi connectivity index (χ0) is 17.7. The van der Waals surface area contributed by atoms with E-state index in [1.807, 2.05) is 12.3 Å². The fourth-order valence-electron chi connectivity index (χ4n) is 3.57. The first-order valence-electron chi connectivity index (χ1n) is 9.21. The van der Waals surface area contributed by atoms with Crippen LogP contribution in [0.4, 0.5) is 5.69 Å². The van der Waals surface area contributed by atoms with Crippen molar-refractivity contribution in [2.75, 3.05) is 19.6 Å². The van der Waals surface area contributed by atoms with Crippen LogP contribution in [0.3, 0.4) is 0 Å². The molecule has 0 spiro atoms. The smallest absolute Gasteiger partial charge is 0.132 e. The summed E-state index contributed by atoms with van der Waals surface area (Å²) >= 11 is 0. The highest BCUT2D eigenvalue weighted by Crippen LogP contribution is 2.24. The molecule has 0 atom stereocenters. The summed E-state index contributed by atoms with van der Waals surface area (Å²) in [6.07, 6.45) is 6.24. The van der Waals surface area contributed by atoms with Crippen LogP contribution in [0.25, 0.3) is 23.1 Å². The number of fused-ring (bicyclic) bond motifs is 1. The van der Waals surface area contributed by atoms with Gasteiger partial charge in [0.15, 0.2) is 0 Å². The minimum Gasteiger partial charge on any atom is -0.292 e. The fourth-order valence-corrected chi connectivity index (χ4v) is 3.57. The molecule has 0 aliphatic carbocycles. The van der Waals surface area contributed by atoms with E-state index in [4.69, 9.17) is 0 Å². The number of aromatic nitrogens is 1. The summed E-state index contributed by atoms with van der Waals surface area (Å²) in [7, 11) is 0. The molecule has 25 heavy (non-hydrogen) atoms. The number of para-hydroxylation sites is 1. The molecule has 0 N–H and O–H groups in total. The maximum absolute atomic E-state index is 4.43. The number of nitrogens with zero attached hydrogens (tertiary/aromatic N) is 2. The molecule has 1 heterocycles. The van der Waals surface area contributed by atoms with Gasteiger partial charge in [-0.05, 0) is 68.3 Å². The number of hydrogen-bond acceptors (Lipinski definition) is 1. The first-order valence-corrected chi connectivity index (χ1v) is 9.21. The minimum absolute atomic E-state index is 1.04. The van der Waals surface area contributed by atoms with Crippen molar-refractivity contribution < 1.29 is 0 Å². The molecule has 0 radical (unpaired) electrons. The molecule has 0 bridgehead atoms. The summed E-state index contributed by atoms with van der Waals surface area (Å²) in [5.41, 5.74) is 4.87. The Hall–Kier alpha value is -2.45. The van der Waals surface area contributed by atoms with Crippen molar-refractivity contribution in [1.82, 2.24) is 9.47 Å². The van der Waals surface area contributed by atoms with Gasteiger partial charge in [-0.3, -0.25) is 9.47 Å². The normalized spacial score (nSPS) is 12.1. The SMILES string of the molecule is CC[N+](CC)(CC)c1ccc(/C=C/c2ccnc3ccccc23)cc1. The molecule has 2 nitrogen and oxygen atoms in total. The zero-order valence-electron chi connectivity index (χ0n) is 15.4. The van der Waals surface area contributed by atoms with Crippen molar-refractivity contribution in [3.05, 3.63) is 71.9 Å². The van der Waals surface area contributed by atoms with Crippen LogP contribution in [0.15, 0.2) is 60.8 Å². The lowest BCUT2D eigenvalue weighted by Gasteiger charge is -2.35. The maximum Gasteiger partial charge on any atom is 0.132 e. The quantitative estimate of drug-likeness (QED) is 0.522. The van der Waals surface area contributed by atoms with Gasteiger partial charge in [0, 0.05) is 11.6 Å². The second-order valence-corrected chi connectivity index (χ2v) is 6.44. The molecule has 0 fully saturated rings. The third-order valence-corrected chi connectivity index (χ3v) is 5.39. The number of quaternary nitrogens is 1. The third-order valence-electron chi connectivity index (χ3n) is 5.39. The molecule has 2 heteroatoms. The lowest BCUT2D eigenvalue weighted by Crippen LogP contribution is -2.48. The predicted molar refractivity (Wildman–Crippen MR) is 111 cm³/mol. The van der Waals surface area contributed by atoms with Gasteiger partial charge >= 0.3 is 0 Å². The van der Waals surface area contributed by atoms with Crippen LogP contribution in [-0.2, 0) is 0 Å². The second-order valence-electron chi connectivity index (χ2n) is 6.44. The molecule has 1 aromatic heterocycles. The second kappa shape index (κ2) is 7.62. The van der Waals surface area contributed by atoms with Crippen molar-refractivity contribution >= 4 is 28.7 Å². The average molecular weight is 331 g/mol. The highest BCUT2D eigenvalue weighted by Gasteiger charge is 2.23. The van der Waals surface area contributed by atoms with E-state index in [1.54, 1.807) is 0 Å². The Morgan fingerprint density at radius 1 is 0.800 bits per heavy atom. The fraction of sp³-hybridized carbons (Fsp3) is 0.261. The number of benzene rings is 2. The van der Waals surface area contributed by atoms with E-state index in [0.717, 1.165) is 29.6 Å². The lowest BCUT2D eigenvalue weighted by molar-refractivity contribution is 0.316. The Balaban J connectivity index is 1.87. The Morgan fingerprint density at radius 2 is 1.48 bits per heavy atom. The lowest BCUT2D eigenvalue weighted by atomic mass is 10.1. The molecule has 0 aliphatic heterocycles. The van der Waals surface area contributed by atoms with Gasteiger partial charge in [0.05, 0.1) is 25.2 Å². The van der Waals surface area contributed by atoms with Gasteiger partial charge in [0.25, 0.3) is 0 Å². The van der Waals surface area contributed by atoms with Gasteiger partial charge in [-0.15, -0.1) is 0 Å². The zero-order valence-corrected chi connectivity index (χ0v) is 15.4. The van der Waals surface area contributed by atoms with Crippen LogP contribution in [-0.4, -0.2) is 24.6 Å². The molecule has 0 aliphatic rings. The molecular formula is C23H27N2+. The summed E-state index contributed by atoms with van der Waals surface area (Å²) < 4.78 is 1.04. The van der Waals surface area contributed by atoms with Crippen molar-refractivity contribution in [3.63, 3.8) is 0 Å². The van der Waals surface area contributed by atoms with Crippen LogP contribution in [0.2, 0.25) is 0 Å². The maximum atomic E-state index is 4.43. The largest absolute Gasteiger partial charge is 0.292 e. The van der Waals surface area contributed by atoms with Gasteiger partial charge in [0.1, 0.15) is 5.69 Å². The van der Waals surface area contributed by atoms with Crippen molar-refractivity contribution in [3.8, 4) is 0 Å². The van der Waals surface area contributed by atoms with Crippen LogP contribution in [0.1, 0.15) is 31.9 Å². The Labute approximate surface area is 151 Å². The molecular weight excluding hydrogens is 304 g/mol. The number of pyridine rings is 1. The summed E-state index contributed by atoms with van der Waals surface area (Å²) in [5, 5.41) is 1.19. The summed E-state index contributed by atoms with van der Waals surface area (Å²) in [6.45, 7) is 10.2. The topological polar surface area (TPSA) is 12.9 Å². The Morgan fingerprint density at radius 3 is 2.16 bits per heavy atom. The Bertz CT molecular complexity index is 845. The predicted octanol–water partition coefficient (Wildman–Crippen LogP) is 5.77. The Kier molecular flexibility index (Phi) is 5.30. The molecule has 0 saturated heterocycles. The van der Waals surface area contributed by atoms with E-state index >= 15 is 0 Å². The molecule has 3 rings (SSSR count). The van der Waals surface area contributed by atoms with E-state index < -0.39 is 0 Å². The van der Waals surface area contributed by atoms with Crippen LogP contribution < -0.4 is 4.48 Å². The standard InChI is InChI=1S/C23H27N2/c1-4-25(5-2,6-3)21-15-12-19(13-16-21)11-14-20-17-18-24-23-10-8-7-9-22(20)23/h7-18H,4-6H2,1-3H3/q+1/b14-11+. The van der Waals surface area contributed by atoms with Gasteiger partial charge in [-0.2, -0.15) is 0 Å². The summed E-state index contributed by atoms with van der Waals surface area (Å²) in [5.74, 6) is 0. The van der Waals surface area contributed by atoms with Crippen molar-refractivity contribution in [1.29, 1.82) is 0 Å². The van der Waals surface area contributed by atoms with E-state index in [0.29, 0.717) is 0 Å². The average Bonchev–Trinajstić information content (AvgIpc) is 2.69. The van der Waals surface area contributed by atoms with Gasteiger partial charge in [-0.25, -0.2) is 0 Å². The van der Waals surface area contributed by atoms with Crippen LogP contribution >= 0.6 is 0 Å². The molecule has 2 aromatic carbocycles. The van der Waals surface area contributed by atoms with Gasteiger partial charge in [-0.1, -0.05) is 30.4 Å². The number of hydrogen-bond donors (Lipinski definition) is 0. The monoisotopic (exact) mass is 331 g/mol. The molecule has 128 valence electrons. The van der Waals surface area contributed by atoms with Gasteiger partial charge < -0.3 is 0 Å². The highest BCUT2D eigenvalue weighted by molar-refractivity contribution is 5.90. The van der Waals surface area contributed by atoms with Crippen molar-refractivity contribution in [2.24, 2.45) is 0 Å². The van der Waals surface area contributed by atoms with E-state index in [2.05, 4.69) is 86.4 Å². The van der Waals surface area contributed by atoms with E-state index in [9.17, 15) is 0 Å². The van der Waals surface area contributed by atoms with Crippen LogP contribution in [0.5, 0.6) is 0 Å². The van der Waals surface area contributed by atoms with Crippen LogP contribution in [0, 0.1) is 0 Å². The third kappa shape index (κ3) is 3.49. The minimum atomic E-state index is 1.04. The first-order chi connectivity index (χ1) is 12.2.